The SMILES string of the molecule is CC(C)C(CO)Cc1cc(Cl)c2ccccc2c1O. The lowest BCUT2D eigenvalue weighted by molar-refractivity contribution is 0.188. The number of halogens is 1. The van der Waals surface area contributed by atoms with Crippen LogP contribution < -0.4 is 0 Å². The van der Waals surface area contributed by atoms with Crippen molar-refractivity contribution < 1.29 is 10.2 Å². The zero-order valence-corrected chi connectivity index (χ0v) is 12.0. The molecule has 0 bridgehead atoms. The highest BCUT2D eigenvalue weighted by Crippen LogP contribution is 2.36. The molecule has 2 rings (SSSR count). The molecule has 0 aliphatic carbocycles. The minimum absolute atomic E-state index is 0.113. The Bertz CT molecular complexity index is 578. The van der Waals surface area contributed by atoms with Gasteiger partial charge in [-0.1, -0.05) is 49.7 Å². The molecule has 0 saturated carbocycles. The predicted octanol–water partition coefficient (Wildman–Crippen LogP) is 4.01. The average Bonchev–Trinajstić information content (AvgIpc) is 2.41. The Morgan fingerprint density at radius 3 is 2.37 bits per heavy atom. The number of fused-ring (bicyclic) bond motifs is 1. The molecule has 0 spiro atoms. The van der Waals surface area contributed by atoms with Gasteiger partial charge in [-0.3, -0.25) is 0 Å². The van der Waals surface area contributed by atoms with Crippen molar-refractivity contribution in [3.63, 3.8) is 0 Å². The first kappa shape index (κ1) is 14.2. The van der Waals surface area contributed by atoms with E-state index in [0.29, 0.717) is 17.4 Å². The smallest absolute Gasteiger partial charge is 0.126 e. The summed E-state index contributed by atoms with van der Waals surface area (Å²) in [4.78, 5) is 0. The first-order chi connectivity index (χ1) is 9.04. The number of hydrogen-bond acceptors (Lipinski definition) is 2. The fraction of sp³-hybridized carbons (Fsp3) is 0.375. The second-order valence-electron chi connectivity index (χ2n) is 5.30. The van der Waals surface area contributed by atoms with Crippen LogP contribution in [-0.4, -0.2) is 16.8 Å². The maximum Gasteiger partial charge on any atom is 0.126 e. The molecule has 0 aromatic heterocycles. The van der Waals surface area contributed by atoms with E-state index < -0.39 is 0 Å². The Labute approximate surface area is 118 Å². The summed E-state index contributed by atoms with van der Waals surface area (Å²) >= 11 is 6.27. The van der Waals surface area contributed by atoms with Gasteiger partial charge in [0.2, 0.25) is 0 Å². The van der Waals surface area contributed by atoms with E-state index >= 15 is 0 Å². The van der Waals surface area contributed by atoms with Gasteiger partial charge in [-0.25, -0.2) is 0 Å². The van der Waals surface area contributed by atoms with Crippen LogP contribution in [0, 0.1) is 11.8 Å². The Kier molecular flexibility index (Phi) is 4.33. The number of hydrogen-bond donors (Lipinski definition) is 2. The minimum atomic E-state index is 0.113. The van der Waals surface area contributed by atoms with Gasteiger partial charge in [0.05, 0.1) is 0 Å². The summed E-state index contributed by atoms with van der Waals surface area (Å²) in [5.41, 5.74) is 0.802. The zero-order chi connectivity index (χ0) is 14.0. The Hall–Kier alpha value is -1.25. The molecular weight excluding hydrogens is 260 g/mol. The molecule has 0 amide bonds. The predicted molar refractivity (Wildman–Crippen MR) is 79.7 cm³/mol. The number of phenols is 1. The molecule has 2 nitrogen and oxygen atoms in total. The van der Waals surface area contributed by atoms with Gasteiger partial charge in [-0.15, -0.1) is 0 Å². The van der Waals surface area contributed by atoms with E-state index in [0.717, 1.165) is 16.3 Å². The van der Waals surface area contributed by atoms with Crippen LogP contribution in [0.25, 0.3) is 10.8 Å². The second-order valence-corrected chi connectivity index (χ2v) is 5.71. The highest BCUT2D eigenvalue weighted by Gasteiger charge is 2.17. The molecule has 1 unspecified atom stereocenters. The first-order valence-corrected chi connectivity index (χ1v) is 6.92. The van der Waals surface area contributed by atoms with Crippen LogP contribution in [0.5, 0.6) is 5.75 Å². The van der Waals surface area contributed by atoms with Crippen molar-refractivity contribution in [2.75, 3.05) is 6.61 Å². The maximum atomic E-state index is 10.4. The van der Waals surface area contributed by atoms with Crippen molar-refractivity contribution in [2.24, 2.45) is 11.8 Å². The van der Waals surface area contributed by atoms with Crippen molar-refractivity contribution in [2.45, 2.75) is 20.3 Å². The van der Waals surface area contributed by atoms with Gasteiger partial charge >= 0.3 is 0 Å². The fourth-order valence-electron chi connectivity index (χ4n) is 2.32. The molecule has 1 atom stereocenters. The lowest BCUT2D eigenvalue weighted by atomic mass is 9.89. The van der Waals surface area contributed by atoms with Crippen LogP contribution in [0.15, 0.2) is 30.3 Å². The van der Waals surface area contributed by atoms with E-state index in [1.54, 1.807) is 0 Å². The zero-order valence-electron chi connectivity index (χ0n) is 11.2. The van der Waals surface area contributed by atoms with E-state index in [1.807, 2.05) is 30.3 Å². The van der Waals surface area contributed by atoms with Gasteiger partial charge in [0.1, 0.15) is 5.75 Å². The summed E-state index contributed by atoms with van der Waals surface area (Å²) in [6.07, 6.45) is 0.630. The van der Waals surface area contributed by atoms with Gasteiger partial charge in [0.25, 0.3) is 0 Å². The van der Waals surface area contributed by atoms with Crippen LogP contribution in [-0.2, 0) is 6.42 Å². The largest absolute Gasteiger partial charge is 0.507 e. The van der Waals surface area contributed by atoms with Crippen molar-refractivity contribution in [1.82, 2.24) is 0 Å². The fourth-order valence-corrected chi connectivity index (χ4v) is 2.62. The van der Waals surface area contributed by atoms with Gasteiger partial charge in [0.15, 0.2) is 0 Å². The first-order valence-electron chi connectivity index (χ1n) is 6.54. The van der Waals surface area contributed by atoms with Crippen LogP contribution in [0.1, 0.15) is 19.4 Å². The molecule has 0 fully saturated rings. The summed E-state index contributed by atoms with van der Waals surface area (Å²) in [6.45, 7) is 4.25. The highest BCUT2D eigenvalue weighted by atomic mass is 35.5. The number of benzene rings is 2. The number of rotatable bonds is 4. The molecule has 2 aromatic rings. The number of aliphatic hydroxyl groups is 1. The third-order valence-corrected chi connectivity index (χ3v) is 4.02. The van der Waals surface area contributed by atoms with Crippen molar-refractivity contribution in [3.05, 3.63) is 40.9 Å². The molecule has 0 heterocycles. The summed E-state index contributed by atoms with van der Waals surface area (Å²) < 4.78 is 0. The number of aromatic hydroxyl groups is 1. The lowest BCUT2D eigenvalue weighted by Gasteiger charge is -2.19. The third kappa shape index (κ3) is 2.85. The molecular formula is C16H19ClO2. The molecule has 0 aliphatic heterocycles. The van der Waals surface area contributed by atoms with Gasteiger partial charge in [-0.05, 0) is 29.9 Å². The maximum absolute atomic E-state index is 10.4. The summed E-state index contributed by atoms with van der Waals surface area (Å²) in [5, 5.41) is 22.0. The Morgan fingerprint density at radius 2 is 1.79 bits per heavy atom. The molecule has 3 heteroatoms. The van der Waals surface area contributed by atoms with Crippen LogP contribution in [0.3, 0.4) is 0 Å². The topological polar surface area (TPSA) is 40.5 Å². The van der Waals surface area contributed by atoms with Crippen molar-refractivity contribution in [1.29, 1.82) is 0 Å². The summed E-state index contributed by atoms with van der Waals surface area (Å²) in [7, 11) is 0. The quantitative estimate of drug-likeness (QED) is 0.887. The normalized spacial score (nSPS) is 13.1. The monoisotopic (exact) mass is 278 g/mol. The molecule has 0 saturated heterocycles. The molecule has 19 heavy (non-hydrogen) atoms. The Morgan fingerprint density at radius 1 is 1.16 bits per heavy atom. The van der Waals surface area contributed by atoms with Crippen LogP contribution in [0.4, 0.5) is 0 Å². The van der Waals surface area contributed by atoms with E-state index in [-0.39, 0.29) is 18.3 Å². The van der Waals surface area contributed by atoms with Gasteiger partial charge in [-0.2, -0.15) is 0 Å². The standard InChI is InChI=1S/C16H19ClO2/c1-10(2)12(9-18)7-11-8-15(17)13-5-3-4-6-14(13)16(11)19/h3-6,8,10,12,18-19H,7,9H2,1-2H3. The minimum Gasteiger partial charge on any atom is -0.507 e. The molecule has 102 valence electrons. The van der Waals surface area contributed by atoms with E-state index in [4.69, 9.17) is 11.6 Å². The lowest BCUT2D eigenvalue weighted by Crippen LogP contribution is -2.16. The summed E-state index contributed by atoms with van der Waals surface area (Å²) in [5.74, 6) is 0.761. The summed E-state index contributed by atoms with van der Waals surface area (Å²) in [6, 6.07) is 9.35. The van der Waals surface area contributed by atoms with E-state index in [9.17, 15) is 10.2 Å². The van der Waals surface area contributed by atoms with Crippen LogP contribution in [0.2, 0.25) is 5.02 Å². The average molecular weight is 279 g/mol. The van der Waals surface area contributed by atoms with Gasteiger partial charge < -0.3 is 10.2 Å². The Balaban J connectivity index is 2.47. The number of aliphatic hydroxyl groups excluding tert-OH is 1. The van der Waals surface area contributed by atoms with E-state index in [2.05, 4.69) is 13.8 Å². The van der Waals surface area contributed by atoms with Crippen LogP contribution >= 0.6 is 11.6 Å². The van der Waals surface area contributed by atoms with Crippen molar-refractivity contribution >= 4 is 22.4 Å². The molecule has 2 aromatic carbocycles. The number of phenolic OH excluding ortho intramolecular Hbond substituents is 1. The highest BCUT2D eigenvalue weighted by molar-refractivity contribution is 6.35. The van der Waals surface area contributed by atoms with Gasteiger partial charge in [0, 0.05) is 22.4 Å². The van der Waals surface area contributed by atoms with E-state index in [1.165, 1.54) is 0 Å². The second kappa shape index (κ2) is 5.81. The molecule has 0 radical (unpaired) electrons. The third-order valence-electron chi connectivity index (χ3n) is 3.70. The molecule has 2 N–H and O–H groups in total. The molecule has 0 aliphatic rings. The van der Waals surface area contributed by atoms with Crippen molar-refractivity contribution in [3.8, 4) is 5.75 Å².